The summed E-state index contributed by atoms with van der Waals surface area (Å²) in [7, 11) is -15.9. The molecule has 1 N–H and O–H groups in total. The topological polar surface area (TPSA) is 162 Å². The highest BCUT2D eigenvalue weighted by atomic mass is 32.2. The van der Waals surface area contributed by atoms with Gasteiger partial charge in [0.1, 0.15) is 0 Å². The molecule has 0 aromatic heterocycles. The van der Waals surface area contributed by atoms with Crippen molar-refractivity contribution in [3.63, 3.8) is 0 Å². The molecule has 1 aliphatic heterocycles. The Hall–Kier alpha value is -3.52. The first-order valence-corrected chi connectivity index (χ1v) is 26.7. The second kappa shape index (κ2) is 21.7. The highest BCUT2D eigenvalue weighted by molar-refractivity contribution is 7.90. The molecular formula is C44H61N5O8S4. The van der Waals surface area contributed by atoms with Gasteiger partial charge in [-0.05, 0) is 128 Å². The minimum absolute atomic E-state index is 0.0467. The van der Waals surface area contributed by atoms with Crippen LogP contribution in [0.15, 0.2) is 117 Å². The maximum absolute atomic E-state index is 14.2. The predicted octanol–water partition coefficient (Wildman–Crippen LogP) is 5.93. The van der Waals surface area contributed by atoms with Crippen LogP contribution in [0.1, 0.15) is 60.8 Å². The lowest BCUT2D eigenvalue weighted by Crippen LogP contribution is -2.38. The molecule has 0 unspecified atom stereocenters. The minimum atomic E-state index is -4.00. The molecule has 17 heteroatoms. The van der Waals surface area contributed by atoms with Crippen molar-refractivity contribution in [2.24, 2.45) is 0 Å². The van der Waals surface area contributed by atoms with E-state index >= 15 is 0 Å². The van der Waals surface area contributed by atoms with Gasteiger partial charge in [0, 0.05) is 52.4 Å². The fourth-order valence-electron chi connectivity index (χ4n) is 7.15. The van der Waals surface area contributed by atoms with E-state index in [1.165, 1.54) is 17.2 Å². The van der Waals surface area contributed by atoms with E-state index in [4.69, 9.17) is 0 Å². The van der Waals surface area contributed by atoms with Crippen LogP contribution in [-0.2, 0) is 40.1 Å². The van der Waals surface area contributed by atoms with Gasteiger partial charge in [-0.25, -0.2) is 33.7 Å². The Morgan fingerprint density at radius 1 is 0.311 bits per heavy atom. The van der Waals surface area contributed by atoms with Crippen LogP contribution in [0.2, 0.25) is 0 Å². The number of hydrogen-bond donors (Lipinski definition) is 1. The van der Waals surface area contributed by atoms with Crippen molar-refractivity contribution < 1.29 is 33.7 Å². The van der Waals surface area contributed by atoms with Crippen molar-refractivity contribution in [3.05, 3.63) is 119 Å². The molecule has 4 aromatic rings. The molecule has 334 valence electrons. The van der Waals surface area contributed by atoms with Gasteiger partial charge in [0.15, 0.2) is 0 Å². The SMILES string of the molecule is Cc1ccc(S(=O)(=O)N2CCCCN(S(=O)(=O)c3ccc(C)cc3)CCCN(S(=O)(=O)c3ccc(C)cc3)CCCNCCCN(S(=O)(=O)c3ccc(C)cc3)CCC2)cc1. The molecule has 0 spiro atoms. The highest BCUT2D eigenvalue weighted by Gasteiger charge is 2.30. The third-order valence-corrected chi connectivity index (χ3v) is 18.5. The van der Waals surface area contributed by atoms with Crippen LogP contribution in [0.3, 0.4) is 0 Å². The van der Waals surface area contributed by atoms with Crippen molar-refractivity contribution in [1.82, 2.24) is 22.5 Å². The quantitative estimate of drug-likeness (QED) is 0.226. The lowest BCUT2D eigenvalue weighted by Gasteiger charge is -2.27. The maximum Gasteiger partial charge on any atom is 0.243 e. The van der Waals surface area contributed by atoms with Crippen LogP contribution < -0.4 is 5.32 Å². The Morgan fingerprint density at radius 2 is 0.508 bits per heavy atom. The molecular weight excluding hydrogens is 855 g/mol. The molecule has 1 heterocycles. The van der Waals surface area contributed by atoms with Gasteiger partial charge < -0.3 is 5.32 Å². The second-order valence-electron chi connectivity index (χ2n) is 15.7. The number of nitrogens with one attached hydrogen (secondary N) is 1. The number of sulfonamides is 4. The predicted molar refractivity (Wildman–Crippen MR) is 240 cm³/mol. The third-order valence-electron chi connectivity index (χ3n) is 10.9. The van der Waals surface area contributed by atoms with E-state index in [2.05, 4.69) is 5.32 Å². The number of hydrogen-bond acceptors (Lipinski definition) is 9. The largest absolute Gasteiger partial charge is 0.317 e. The zero-order chi connectivity index (χ0) is 44.3. The lowest BCUT2D eigenvalue weighted by atomic mass is 10.2. The summed E-state index contributed by atoms with van der Waals surface area (Å²) in [4.78, 5) is 0.543. The van der Waals surface area contributed by atoms with Crippen LogP contribution in [0.5, 0.6) is 0 Å². The summed E-state index contributed by atoms with van der Waals surface area (Å²) in [6.07, 6.45) is 2.01. The summed E-state index contributed by atoms with van der Waals surface area (Å²) in [6, 6.07) is 26.4. The van der Waals surface area contributed by atoms with E-state index < -0.39 is 40.1 Å². The highest BCUT2D eigenvalue weighted by Crippen LogP contribution is 2.23. The van der Waals surface area contributed by atoms with Crippen LogP contribution in [-0.4, -0.2) is 116 Å². The van der Waals surface area contributed by atoms with Gasteiger partial charge in [0.25, 0.3) is 0 Å². The molecule has 61 heavy (non-hydrogen) atoms. The van der Waals surface area contributed by atoms with Crippen LogP contribution >= 0.6 is 0 Å². The monoisotopic (exact) mass is 915 g/mol. The fourth-order valence-corrected chi connectivity index (χ4v) is 13.2. The Labute approximate surface area is 365 Å². The molecule has 0 atom stereocenters. The lowest BCUT2D eigenvalue weighted by molar-refractivity contribution is 0.336. The Bertz CT molecular complexity index is 2290. The first-order valence-electron chi connectivity index (χ1n) is 20.9. The Morgan fingerprint density at radius 3 is 0.738 bits per heavy atom. The van der Waals surface area contributed by atoms with Crippen molar-refractivity contribution in [1.29, 1.82) is 0 Å². The van der Waals surface area contributed by atoms with Crippen molar-refractivity contribution in [2.45, 2.75) is 85.8 Å². The summed E-state index contributed by atoms with van der Waals surface area (Å²) in [5.41, 5.74) is 3.64. The van der Waals surface area contributed by atoms with E-state index in [1.54, 1.807) is 97.1 Å². The Kier molecular flexibility index (Phi) is 17.3. The third kappa shape index (κ3) is 13.0. The zero-order valence-electron chi connectivity index (χ0n) is 35.7. The molecule has 5 rings (SSSR count). The number of nitrogens with zero attached hydrogens (tertiary/aromatic N) is 4. The van der Waals surface area contributed by atoms with E-state index in [1.807, 2.05) is 27.7 Å². The molecule has 1 saturated heterocycles. The number of benzene rings is 4. The van der Waals surface area contributed by atoms with Gasteiger partial charge in [0.2, 0.25) is 40.1 Å². The average molecular weight is 916 g/mol. The molecule has 0 bridgehead atoms. The number of rotatable bonds is 8. The molecule has 13 nitrogen and oxygen atoms in total. The molecule has 1 aliphatic rings. The van der Waals surface area contributed by atoms with E-state index in [-0.39, 0.29) is 84.8 Å². The standard InChI is InChI=1S/C44H61N5O8S4/c1-37-11-19-41(20-12-37)58(50,51)46-29-5-6-30-47(59(52,53)42-21-13-38(2)14-22-42)34-10-36-49(61(56,57)44-25-17-40(4)18-26-44)32-8-28-45-27-7-31-48(35-9-33-46)60(54,55)43-23-15-39(3)16-24-43/h11-26,45H,5-10,27-36H2,1-4H3. The van der Waals surface area contributed by atoms with Gasteiger partial charge in [-0.3, -0.25) is 0 Å². The first-order chi connectivity index (χ1) is 28.9. The van der Waals surface area contributed by atoms with Gasteiger partial charge >= 0.3 is 0 Å². The molecule has 1 fully saturated rings. The van der Waals surface area contributed by atoms with E-state index in [9.17, 15) is 33.7 Å². The van der Waals surface area contributed by atoms with Crippen molar-refractivity contribution in [3.8, 4) is 0 Å². The summed E-state index contributed by atoms with van der Waals surface area (Å²) < 4.78 is 118. The van der Waals surface area contributed by atoms with Crippen LogP contribution in [0.25, 0.3) is 0 Å². The van der Waals surface area contributed by atoms with Crippen molar-refractivity contribution >= 4 is 40.1 Å². The maximum atomic E-state index is 14.2. The molecule has 0 radical (unpaired) electrons. The van der Waals surface area contributed by atoms with Gasteiger partial charge in [-0.1, -0.05) is 70.8 Å². The van der Waals surface area contributed by atoms with Gasteiger partial charge in [-0.2, -0.15) is 17.2 Å². The Balaban J connectivity index is 1.45. The summed E-state index contributed by atoms with van der Waals surface area (Å²) in [5.74, 6) is 0. The number of aryl methyl sites for hydroxylation is 4. The summed E-state index contributed by atoms with van der Waals surface area (Å²) in [6.45, 7) is 9.19. The zero-order valence-corrected chi connectivity index (χ0v) is 39.0. The van der Waals surface area contributed by atoms with Gasteiger partial charge in [-0.15, -0.1) is 0 Å². The smallest absolute Gasteiger partial charge is 0.243 e. The molecule has 0 amide bonds. The first kappa shape index (κ1) is 48.5. The van der Waals surface area contributed by atoms with Gasteiger partial charge in [0.05, 0.1) is 19.6 Å². The van der Waals surface area contributed by atoms with E-state index in [0.29, 0.717) is 38.8 Å². The van der Waals surface area contributed by atoms with E-state index in [0.717, 1.165) is 22.3 Å². The minimum Gasteiger partial charge on any atom is -0.317 e. The normalized spacial score (nSPS) is 18.3. The second-order valence-corrected chi connectivity index (χ2v) is 23.5. The average Bonchev–Trinajstić information content (AvgIpc) is 3.22. The summed E-state index contributed by atoms with van der Waals surface area (Å²) in [5, 5.41) is 3.33. The molecule has 4 aromatic carbocycles. The molecule has 0 saturated carbocycles. The van der Waals surface area contributed by atoms with Crippen LogP contribution in [0, 0.1) is 27.7 Å². The molecule has 0 aliphatic carbocycles. The fraction of sp³-hybridized carbons (Fsp3) is 0.455. The van der Waals surface area contributed by atoms with Crippen molar-refractivity contribution in [2.75, 3.05) is 65.4 Å². The summed E-state index contributed by atoms with van der Waals surface area (Å²) >= 11 is 0. The van der Waals surface area contributed by atoms with Crippen LogP contribution in [0.4, 0.5) is 0 Å².